The molecule has 3 fully saturated rings. The van der Waals surface area contributed by atoms with E-state index in [-0.39, 0.29) is 23.0 Å². The Morgan fingerprint density at radius 3 is 2.39 bits per heavy atom. The van der Waals surface area contributed by atoms with E-state index < -0.39 is 17.5 Å². The zero-order valence-corrected chi connectivity index (χ0v) is 17.9. The van der Waals surface area contributed by atoms with Crippen LogP contribution in [0.2, 0.25) is 0 Å². The van der Waals surface area contributed by atoms with Crippen molar-refractivity contribution in [3.63, 3.8) is 0 Å². The van der Waals surface area contributed by atoms with Gasteiger partial charge in [-0.05, 0) is 67.1 Å². The van der Waals surface area contributed by atoms with Gasteiger partial charge in [-0.2, -0.15) is 0 Å². The molecule has 5 heteroatoms. The lowest BCUT2D eigenvalue weighted by Gasteiger charge is -2.21. The predicted molar refractivity (Wildman–Crippen MR) is 113 cm³/mol. The molecular formula is C26H29F3O2. The molecule has 5 atom stereocenters. The van der Waals surface area contributed by atoms with Crippen LogP contribution in [0.1, 0.15) is 57.1 Å². The Morgan fingerprint density at radius 2 is 1.68 bits per heavy atom. The number of halogens is 3. The largest absolute Gasteiger partial charge is 0.490 e. The molecule has 166 valence electrons. The van der Waals surface area contributed by atoms with Gasteiger partial charge in [0.15, 0.2) is 23.2 Å². The highest BCUT2D eigenvalue weighted by atomic mass is 19.2. The van der Waals surface area contributed by atoms with Crippen LogP contribution in [0, 0.1) is 41.1 Å². The first-order valence-corrected chi connectivity index (χ1v) is 11.6. The fraction of sp³-hybridized carbons (Fsp3) is 0.538. The molecule has 1 aliphatic heterocycles. The van der Waals surface area contributed by atoms with Crippen molar-refractivity contribution in [1.29, 1.82) is 0 Å². The van der Waals surface area contributed by atoms with E-state index in [9.17, 15) is 13.2 Å². The SMILES string of the molecule is CCCC1CCC2C(COc3ccc(-c4ccc(C5CO5)c(F)c4F)cc3F)CCC12. The maximum Gasteiger partial charge on any atom is 0.167 e. The first-order chi connectivity index (χ1) is 15.1. The Bertz CT molecular complexity index is 956. The zero-order chi connectivity index (χ0) is 21.5. The second-order valence-corrected chi connectivity index (χ2v) is 9.40. The minimum atomic E-state index is -0.971. The fourth-order valence-electron chi connectivity index (χ4n) is 6.02. The molecule has 2 saturated carbocycles. The number of benzene rings is 2. The van der Waals surface area contributed by atoms with Crippen molar-refractivity contribution in [1.82, 2.24) is 0 Å². The van der Waals surface area contributed by atoms with Gasteiger partial charge in [-0.25, -0.2) is 13.2 Å². The summed E-state index contributed by atoms with van der Waals surface area (Å²) in [4.78, 5) is 0. The van der Waals surface area contributed by atoms with E-state index in [1.807, 2.05) is 0 Å². The van der Waals surface area contributed by atoms with E-state index in [4.69, 9.17) is 9.47 Å². The molecule has 0 N–H and O–H groups in total. The monoisotopic (exact) mass is 430 g/mol. The maximum absolute atomic E-state index is 14.7. The van der Waals surface area contributed by atoms with E-state index in [1.54, 1.807) is 6.07 Å². The van der Waals surface area contributed by atoms with Crippen molar-refractivity contribution in [3.05, 3.63) is 53.3 Å². The fourth-order valence-corrected chi connectivity index (χ4v) is 6.02. The summed E-state index contributed by atoms with van der Waals surface area (Å²) < 4.78 is 54.5. The van der Waals surface area contributed by atoms with Crippen LogP contribution in [0.4, 0.5) is 13.2 Å². The average Bonchev–Trinajstić information content (AvgIpc) is 3.40. The number of epoxide rings is 1. The molecule has 0 bridgehead atoms. The molecular weight excluding hydrogens is 401 g/mol. The lowest BCUT2D eigenvalue weighted by Crippen LogP contribution is -2.19. The van der Waals surface area contributed by atoms with Gasteiger partial charge in [-0.15, -0.1) is 0 Å². The molecule has 0 aromatic heterocycles. The Hall–Kier alpha value is -2.01. The van der Waals surface area contributed by atoms with Gasteiger partial charge in [-0.1, -0.05) is 38.0 Å². The molecule has 3 aliphatic rings. The lowest BCUT2D eigenvalue weighted by molar-refractivity contribution is 0.196. The molecule has 0 amide bonds. The molecule has 31 heavy (non-hydrogen) atoms. The first kappa shape index (κ1) is 20.9. The third kappa shape index (κ3) is 3.97. The summed E-state index contributed by atoms with van der Waals surface area (Å²) in [5, 5.41) is 0. The highest BCUT2D eigenvalue weighted by Crippen LogP contribution is 2.52. The highest BCUT2D eigenvalue weighted by Gasteiger charge is 2.44. The van der Waals surface area contributed by atoms with E-state index >= 15 is 0 Å². The summed E-state index contributed by atoms with van der Waals surface area (Å²) in [6, 6.07) is 7.34. The third-order valence-electron chi connectivity index (χ3n) is 7.65. The molecule has 5 unspecified atom stereocenters. The molecule has 0 radical (unpaired) electrons. The van der Waals surface area contributed by atoms with E-state index in [0.29, 0.717) is 30.6 Å². The van der Waals surface area contributed by atoms with Crippen LogP contribution < -0.4 is 4.74 Å². The van der Waals surface area contributed by atoms with Crippen LogP contribution in [0.5, 0.6) is 5.75 Å². The smallest absolute Gasteiger partial charge is 0.167 e. The normalized spacial score (nSPS) is 29.2. The number of hydrogen-bond acceptors (Lipinski definition) is 2. The summed E-state index contributed by atoms with van der Waals surface area (Å²) in [5.74, 6) is 0.581. The van der Waals surface area contributed by atoms with Gasteiger partial charge >= 0.3 is 0 Å². The van der Waals surface area contributed by atoms with E-state index in [2.05, 4.69) is 6.92 Å². The van der Waals surface area contributed by atoms with Crippen LogP contribution in [-0.2, 0) is 4.74 Å². The second kappa shape index (κ2) is 8.50. The van der Waals surface area contributed by atoms with Crippen molar-refractivity contribution < 1.29 is 22.6 Å². The van der Waals surface area contributed by atoms with Crippen molar-refractivity contribution >= 4 is 0 Å². The van der Waals surface area contributed by atoms with Crippen molar-refractivity contribution in [2.75, 3.05) is 13.2 Å². The molecule has 1 saturated heterocycles. The molecule has 2 nitrogen and oxygen atoms in total. The highest BCUT2D eigenvalue weighted by molar-refractivity contribution is 5.66. The van der Waals surface area contributed by atoms with Crippen LogP contribution in [0.15, 0.2) is 30.3 Å². The number of fused-ring (bicyclic) bond motifs is 1. The molecule has 2 aromatic rings. The van der Waals surface area contributed by atoms with Crippen molar-refractivity contribution in [3.8, 4) is 16.9 Å². The molecule has 5 rings (SSSR count). The zero-order valence-electron chi connectivity index (χ0n) is 17.9. The maximum atomic E-state index is 14.7. The quantitative estimate of drug-likeness (QED) is 0.438. The van der Waals surface area contributed by atoms with Crippen LogP contribution in [0.3, 0.4) is 0 Å². The Morgan fingerprint density at radius 1 is 0.935 bits per heavy atom. The lowest BCUT2D eigenvalue weighted by atomic mass is 9.87. The Balaban J connectivity index is 1.26. The van der Waals surface area contributed by atoms with Gasteiger partial charge in [0, 0.05) is 11.1 Å². The molecule has 2 aliphatic carbocycles. The number of hydrogen-bond donors (Lipinski definition) is 0. The van der Waals surface area contributed by atoms with Gasteiger partial charge in [-0.3, -0.25) is 0 Å². The average molecular weight is 431 g/mol. The summed E-state index contributed by atoms with van der Waals surface area (Å²) in [7, 11) is 0. The van der Waals surface area contributed by atoms with Crippen LogP contribution in [0.25, 0.3) is 11.1 Å². The Kier molecular flexibility index (Phi) is 5.72. The standard InChI is InChI=1S/C26H29F3O2/c1-2-3-15-4-7-19-17(5-8-18(15)19)13-30-23-11-6-16(12-22(23)27)20-9-10-21(24-14-31-24)26(29)25(20)28/h6,9-12,15,17-19,24H,2-5,7-8,13-14H2,1H3. The molecule has 2 aromatic carbocycles. The minimum absolute atomic E-state index is 0.0407. The molecule has 0 spiro atoms. The van der Waals surface area contributed by atoms with Gasteiger partial charge in [0.1, 0.15) is 6.10 Å². The van der Waals surface area contributed by atoms with Gasteiger partial charge in [0.25, 0.3) is 0 Å². The summed E-state index contributed by atoms with van der Waals surface area (Å²) in [6.07, 6.45) is 7.18. The van der Waals surface area contributed by atoms with Gasteiger partial charge in [0.05, 0.1) is 13.2 Å². The topological polar surface area (TPSA) is 21.8 Å². The predicted octanol–water partition coefficient (Wildman–Crippen LogP) is 7.07. The molecule has 1 heterocycles. The van der Waals surface area contributed by atoms with Crippen molar-refractivity contribution in [2.24, 2.45) is 23.7 Å². The number of ether oxygens (including phenoxy) is 2. The third-order valence-corrected chi connectivity index (χ3v) is 7.65. The van der Waals surface area contributed by atoms with Crippen LogP contribution >= 0.6 is 0 Å². The summed E-state index contributed by atoms with van der Waals surface area (Å²) in [5.41, 5.74) is 0.548. The van der Waals surface area contributed by atoms with E-state index in [0.717, 1.165) is 18.3 Å². The summed E-state index contributed by atoms with van der Waals surface area (Å²) >= 11 is 0. The Labute approximate surface area is 181 Å². The number of rotatable bonds is 7. The van der Waals surface area contributed by atoms with E-state index in [1.165, 1.54) is 56.4 Å². The van der Waals surface area contributed by atoms with Gasteiger partial charge in [0.2, 0.25) is 0 Å². The minimum Gasteiger partial charge on any atom is -0.490 e. The van der Waals surface area contributed by atoms with Crippen LogP contribution in [-0.4, -0.2) is 13.2 Å². The summed E-state index contributed by atoms with van der Waals surface area (Å²) in [6.45, 7) is 3.18. The van der Waals surface area contributed by atoms with Gasteiger partial charge < -0.3 is 9.47 Å². The van der Waals surface area contributed by atoms with Crippen molar-refractivity contribution in [2.45, 2.75) is 51.6 Å². The first-order valence-electron chi connectivity index (χ1n) is 11.6. The second-order valence-electron chi connectivity index (χ2n) is 9.40.